The lowest BCUT2D eigenvalue weighted by atomic mass is 10.1. The number of nitrogens with zero attached hydrogens (tertiary/aromatic N) is 3. The van der Waals surface area contributed by atoms with Crippen molar-refractivity contribution in [3.8, 4) is 6.07 Å². The molecule has 1 N–H and O–H groups in total. The van der Waals surface area contributed by atoms with Gasteiger partial charge in [-0.2, -0.15) is 10.4 Å². The Morgan fingerprint density at radius 2 is 2.21 bits per heavy atom. The third kappa shape index (κ3) is 3.18. The molecule has 0 aliphatic carbocycles. The maximum absolute atomic E-state index is 13.2. The van der Waals surface area contributed by atoms with Crippen molar-refractivity contribution < 1.29 is 4.39 Å². The lowest BCUT2D eigenvalue weighted by Crippen LogP contribution is -2.13. The molecule has 98 valence electrons. The Hall–Kier alpha value is -2.19. The molecule has 19 heavy (non-hydrogen) atoms. The summed E-state index contributed by atoms with van der Waals surface area (Å²) in [5.74, 6) is -0.477. The van der Waals surface area contributed by atoms with Crippen molar-refractivity contribution in [2.24, 2.45) is 7.05 Å². The molecule has 0 unspecified atom stereocenters. The second-order valence-electron chi connectivity index (χ2n) is 4.44. The maximum atomic E-state index is 13.2. The molecule has 1 heterocycles. The summed E-state index contributed by atoms with van der Waals surface area (Å²) in [5.41, 5.74) is 3.09. The zero-order valence-corrected chi connectivity index (χ0v) is 10.9. The summed E-state index contributed by atoms with van der Waals surface area (Å²) in [5, 5.41) is 16.3. The van der Waals surface area contributed by atoms with Crippen molar-refractivity contribution in [3.05, 3.63) is 52.6 Å². The van der Waals surface area contributed by atoms with Gasteiger partial charge in [0.05, 0.1) is 11.3 Å². The van der Waals surface area contributed by atoms with E-state index in [1.165, 1.54) is 6.07 Å². The van der Waals surface area contributed by atoms with Crippen molar-refractivity contribution >= 4 is 0 Å². The Kier molecular flexibility index (Phi) is 3.93. The van der Waals surface area contributed by atoms with E-state index in [4.69, 9.17) is 5.26 Å². The second-order valence-corrected chi connectivity index (χ2v) is 4.44. The Morgan fingerprint density at radius 3 is 2.84 bits per heavy atom. The minimum absolute atomic E-state index is 0.0804. The van der Waals surface area contributed by atoms with Crippen LogP contribution in [0, 0.1) is 24.1 Å². The molecule has 0 bridgehead atoms. The van der Waals surface area contributed by atoms with E-state index in [0.717, 1.165) is 16.8 Å². The number of hydrogen-bond acceptors (Lipinski definition) is 3. The number of hydrogen-bond donors (Lipinski definition) is 1. The Morgan fingerprint density at radius 1 is 1.42 bits per heavy atom. The van der Waals surface area contributed by atoms with Crippen LogP contribution in [0.4, 0.5) is 4.39 Å². The van der Waals surface area contributed by atoms with E-state index >= 15 is 0 Å². The molecule has 0 spiro atoms. The van der Waals surface area contributed by atoms with Crippen LogP contribution in [0.15, 0.2) is 24.4 Å². The molecule has 0 amide bonds. The van der Waals surface area contributed by atoms with Gasteiger partial charge in [0.25, 0.3) is 0 Å². The van der Waals surface area contributed by atoms with Gasteiger partial charge >= 0.3 is 0 Å². The summed E-state index contributed by atoms with van der Waals surface area (Å²) in [6, 6.07) is 6.41. The minimum Gasteiger partial charge on any atom is -0.308 e. The number of rotatable bonds is 4. The first-order chi connectivity index (χ1) is 9.10. The third-order valence-corrected chi connectivity index (χ3v) is 2.91. The second kappa shape index (κ2) is 5.63. The molecule has 0 saturated carbocycles. The maximum Gasteiger partial charge on any atom is 0.140 e. The summed E-state index contributed by atoms with van der Waals surface area (Å²) in [7, 11) is 1.88. The zero-order chi connectivity index (χ0) is 13.8. The molecule has 0 saturated heterocycles. The van der Waals surface area contributed by atoms with Gasteiger partial charge in [-0.1, -0.05) is 6.07 Å². The molecule has 0 fully saturated rings. The van der Waals surface area contributed by atoms with E-state index in [9.17, 15) is 4.39 Å². The SMILES string of the molecule is Cc1nn(C)cc1CNCc1ccc(F)c(C#N)c1. The molecule has 2 aromatic rings. The number of nitrogens with one attached hydrogen (secondary N) is 1. The predicted octanol–water partition coefficient (Wildman–Crippen LogP) is 2.03. The van der Waals surface area contributed by atoms with Crippen LogP contribution in [0.25, 0.3) is 0 Å². The first kappa shape index (κ1) is 13.2. The molecule has 0 aliphatic heterocycles. The van der Waals surface area contributed by atoms with Gasteiger partial charge in [0.2, 0.25) is 0 Å². The van der Waals surface area contributed by atoms with Gasteiger partial charge in [-0.3, -0.25) is 4.68 Å². The molecule has 5 heteroatoms. The average molecular weight is 258 g/mol. The van der Waals surface area contributed by atoms with Crippen LogP contribution < -0.4 is 5.32 Å². The highest BCUT2D eigenvalue weighted by atomic mass is 19.1. The van der Waals surface area contributed by atoms with Crippen LogP contribution in [-0.4, -0.2) is 9.78 Å². The van der Waals surface area contributed by atoms with E-state index < -0.39 is 5.82 Å². The van der Waals surface area contributed by atoms with Crippen LogP contribution in [0.2, 0.25) is 0 Å². The predicted molar refractivity (Wildman–Crippen MR) is 69.6 cm³/mol. The minimum atomic E-state index is -0.477. The van der Waals surface area contributed by atoms with Crippen molar-refractivity contribution in [1.29, 1.82) is 5.26 Å². The highest BCUT2D eigenvalue weighted by molar-refractivity contribution is 5.34. The summed E-state index contributed by atoms with van der Waals surface area (Å²) >= 11 is 0. The summed E-state index contributed by atoms with van der Waals surface area (Å²) in [6.07, 6.45) is 1.97. The fourth-order valence-electron chi connectivity index (χ4n) is 1.93. The van der Waals surface area contributed by atoms with E-state index in [0.29, 0.717) is 13.1 Å². The molecule has 2 rings (SSSR count). The molecule has 0 aliphatic rings. The van der Waals surface area contributed by atoms with Crippen molar-refractivity contribution in [1.82, 2.24) is 15.1 Å². The van der Waals surface area contributed by atoms with E-state index in [-0.39, 0.29) is 5.56 Å². The lowest BCUT2D eigenvalue weighted by Gasteiger charge is -2.05. The molecule has 0 radical (unpaired) electrons. The summed E-state index contributed by atoms with van der Waals surface area (Å²) < 4.78 is 14.9. The number of nitriles is 1. The Balaban J connectivity index is 1.96. The highest BCUT2D eigenvalue weighted by Gasteiger charge is 2.04. The Bertz CT molecular complexity index is 625. The first-order valence-corrected chi connectivity index (χ1v) is 5.98. The number of aromatic nitrogens is 2. The van der Waals surface area contributed by atoms with Crippen LogP contribution >= 0.6 is 0 Å². The largest absolute Gasteiger partial charge is 0.308 e. The van der Waals surface area contributed by atoms with Gasteiger partial charge < -0.3 is 5.32 Å². The monoisotopic (exact) mass is 258 g/mol. The molecule has 0 atom stereocenters. The van der Waals surface area contributed by atoms with Crippen LogP contribution in [-0.2, 0) is 20.1 Å². The van der Waals surface area contributed by atoms with Crippen LogP contribution in [0.1, 0.15) is 22.4 Å². The van der Waals surface area contributed by atoms with Crippen LogP contribution in [0.3, 0.4) is 0 Å². The van der Waals surface area contributed by atoms with Gasteiger partial charge in [0.1, 0.15) is 11.9 Å². The molecule has 4 nitrogen and oxygen atoms in total. The summed E-state index contributed by atoms with van der Waals surface area (Å²) in [4.78, 5) is 0. The fourth-order valence-corrected chi connectivity index (χ4v) is 1.93. The highest BCUT2D eigenvalue weighted by Crippen LogP contribution is 2.10. The van der Waals surface area contributed by atoms with E-state index in [1.54, 1.807) is 16.8 Å². The fraction of sp³-hybridized carbons (Fsp3) is 0.286. The number of aryl methyl sites for hydroxylation is 2. The first-order valence-electron chi connectivity index (χ1n) is 5.98. The smallest absolute Gasteiger partial charge is 0.140 e. The normalized spacial score (nSPS) is 10.4. The topological polar surface area (TPSA) is 53.6 Å². The quantitative estimate of drug-likeness (QED) is 0.913. The van der Waals surface area contributed by atoms with Crippen molar-refractivity contribution in [3.63, 3.8) is 0 Å². The van der Waals surface area contributed by atoms with Crippen molar-refractivity contribution in [2.45, 2.75) is 20.0 Å². The number of benzene rings is 1. The van der Waals surface area contributed by atoms with Crippen molar-refractivity contribution in [2.75, 3.05) is 0 Å². The summed E-state index contributed by atoms with van der Waals surface area (Å²) in [6.45, 7) is 3.24. The Labute approximate surface area is 111 Å². The molecular formula is C14H15FN4. The lowest BCUT2D eigenvalue weighted by molar-refractivity contribution is 0.621. The van der Waals surface area contributed by atoms with Gasteiger partial charge in [0.15, 0.2) is 0 Å². The molecule has 1 aromatic carbocycles. The number of halogens is 1. The average Bonchev–Trinajstić information content (AvgIpc) is 2.70. The third-order valence-electron chi connectivity index (χ3n) is 2.91. The van der Waals surface area contributed by atoms with Gasteiger partial charge in [-0.15, -0.1) is 0 Å². The molecular weight excluding hydrogens is 243 g/mol. The van der Waals surface area contributed by atoms with Crippen LogP contribution in [0.5, 0.6) is 0 Å². The standard InChI is InChI=1S/C14H15FN4/c1-10-13(9-19(2)18-10)8-17-7-11-3-4-14(15)12(5-11)6-16/h3-5,9,17H,7-8H2,1-2H3. The van der Waals surface area contributed by atoms with Gasteiger partial charge in [-0.25, -0.2) is 4.39 Å². The van der Waals surface area contributed by atoms with E-state index in [2.05, 4.69) is 10.4 Å². The van der Waals surface area contributed by atoms with Gasteiger partial charge in [-0.05, 0) is 24.6 Å². The van der Waals surface area contributed by atoms with E-state index in [1.807, 2.05) is 26.2 Å². The molecule has 1 aromatic heterocycles. The zero-order valence-electron chi connectivity index (χ0n) is 10.9. The van der Waals surface area contributed by atoms with Gasteiger partial charge in [0, 0.05) is 31.9 Å².